The number of hydrogen-bond acceptors (Lipinski definition) is 3. The first kappa shape index (κ1) is 11.4. The third-order valence-corrected chi connectivity index (χ3v) is 2.74. The van der Waals surface area contributed by atoms with Crippen LogP contribution in [0.4, 0.5) is 0 Å². The highest BCUT2D eigenvalue weighted by Crippen LogP contribution is 2.30. The van der Waals surface area contributed by atoms with Crippen LogP contribution in [0.1, 0.15) is 5.56 Å². The molecule has 1 aromatic carbocycles. The molecule has 1 aromatic heterocycles. The smallest absolute Gasteiger partial charge is 0.241 e. The minimum absolute atomic E-state index is 0.359. The van der Waals surface area contributed by atoms with Gasteiger partial charge >= 0.3 is 0 Å². The fraction of sp³-hybridized carbons (Fsp3) is 0.0909. The van der Waals surface area contributed by atoms with Crippen molar-refractivity contribution in [2.45, 2.75) is 6.92 Å². The van der Waals surface area contributed by atoms with Gasteiger partial charge < -0.3 is 4.74 Å². The van der Waals surface area contributed by atoms with Crippen molar-refractivity contribution in [3.63, 3.8) is 0 Å². The predicted molar refractivity (Wildman–Crippen MR) is 66.0 cm³/mol. The van der Waals surface area contributed by atoms with Gasteiger partial charge in [-0.15, -0.1) is 0 Å². The highest BCUT2D eigenvalue weighted by Gasteiger charge is 2.06. The number of benzene rings is 1. The molecule has 3 nitrogen and oxygen atoms in total. The maximum Gasteiger partial charge on any atom is 0.241 e. The Morgan fingerprint density at radius 3 is 2.94 bits per heavy atom. The molecular weight excluding hydrogens is 291 g/mol. The summed E-state index contributed by atoms with van der Waals surface area (Å²) in [6.45, 7) is 1.96. The predicted octanol–water partition coefficient (Wildman–Crippen LogP) is 3.99. The maximum absolute atomic E-state index is 5.90. The lowest BCUT2D eigenvalue weighted by molar-refractivity contribution is 0.458. The Balaban J connectivity index is 2.34. The molecule has 0 saturated carbocycles. The van der Waals surface area contributed by atoms with Gasteiger partial charge in [0.05, 0.1) is 6.20 Å². The number of aryl methyl sites for hydroxylation is 1. The van der Waals surface area contributed by atoms with E-state index in [0.717, 1.165) is 15.8 Å². The monoisotopic (exact) mass is 298 g/mol. The van der Waals surface area contributed by atoms with Gasteiger partial charge in [0.15, 0.2) is 0 Å². The second-order valence-corrected chi connectivity index (χ2v) is 4.51. The standard InChI is InChI=1S/C11H8BrClN2O/c1-7-2-3-8(12)4-10(7)16-11-9(13)5-14-6-15-11/h2-6H,1H3. The quantitative estimate of drug-likeness (QED) is 0.841. The summed E-state index contributed by atoms with van der Waals surface area (Å²) in [5.74, 6) is 1.08. The van der Waals surface area contributed by atoms with Crippen LogP contribution in [0.5, 0.6) is 11.6 Å². The minimum atomic E-state index is 0.359. The molecule has 0 atom stereocenters. The Bertz CT molecular complexity index is 519. The summed E-state index contributed by atoms with van der Waals surface area (Å²) < 4.78 is 6.55. The van der Waals surface area contributed by atoms with Crippen LogP contribution in [0.3, 0.4) is 0 Å². The van der Waals surface area contributed by atoms with E-state index in [4.69, 9.17) is 16.3 Å². The van der Waals surface area contributed by atoms with Crippen LogP contribution < -0.4 is 4.74 Å². The number of nitrogens with zero attached hydrogens (tertiary/aromatic N) is 2. The van der Waals surface area contributed by atoms with E-state index in [9.17, 15) is 0 Å². The first-order chi connectivity index (χ1) is 7.66. The van der Waals surface area contributed by atoms with Crippen LogP contribution in [0.2, 0.25) is 5.02 Å². The Labute approximate surface area is 107 Å². The van der Waals surface area contributed by atoms with E-state index < -0.39 is 0 Å². The summed E-state index contributed by atoms with van der Waals surface area (Å²) in [4.78, 5) is 7.76. The normalized spacial score (nSPS) is 10.2. The molecular formula is C11H8BrClN2O. The third-order valence-electron chi connectivity index (χ3n) is 1.99. The fourth-order valence-corrected chi connectivity index (χ4v) is 1.65. The number of aromatic nitrogens is 2. The van der Waals surface area contributed by atoms with Gasteiger partial charge in [-0.25, -0.2) is 9.97 Å². The van der Waals surface area contributed by atoms with E-state index in [0.29, 0.717) is 10.9 Å². The highest BCUT2D eigenvalue weighted by molar-refractivity contribution is 9.10. The maximum atomic E-state index is 5.90. The van der Waals surface area contributed by atoms with Gasteiger partial charge in [-0.1, -0.05) is 33.6 Å². The lowest BCUT2D eigenvalue weighted by Crippen LogP contribution is -1.91. The second kappa shape index (κ2) is 4.80. The Morgan fingerprint density at radius 2 is 2.19 bits per heavy atom. The largest absolute Gasteiger partial charge is 0.437 e. The molecule has 0 aliphatic heterocycles. The second-order valence-electron chi connectivity index (χ2n) is 3.19. The van der Waals surface area contributed by atoms with Gasteiger partial charge in [-0.05, 0) is 24.6 Å². The molecule has 0 spiro atoms. The topological polar surface area (TPSA) is 35.0 Å². The van der Waals surface area contributed by atoms with E-state index >= 15 is 0 Å². The third kappa shape index (κ3) is 2.51. The lowest BCUT2D eigenvalue weighted by Gasteiger charge is -2.08. The van der Waals surface area contributed by atoms with E-state index in [-0.39, 0.29) is 0 Å². The molecule has 2 rings (SSSR count). The van der Waals surface area contributed by atoms with Gasteiger partial charge in [0.1, 0.15) is 17.1 Å². The molecule has 0 unspecified atom stereocenters. The number of ether oxygens (including phenoxy) is 1. The highest BCUT2D eigenvalue weighted by atomic mass is 79.9. The summed E-state index contributed by atoms with van der Waals surface area (Å²) >= 11 is 9.29. The minimum Gasteiger partial charge on any atom is -0.437 e. The van der Waals surface area contributed by atoms with Crippen molar-refractivity contribution in [1.82, 2.24) is 9.97 Å². The zero-order chi connectivity index (χ0) is 11.5. The molecule has 2 aromatic rings. The van der Waals surface area contributed by atoms with Crippen LogP contribution in [-0.4, -0.2) is 9.97 Å². The van der Waals surface area contributed by atoms with Gasteiger partial charge in [0.25, 0.3) is 0 Å². The number of halogens is 2. The Kier molecular flexibility index (Phi) is 3.41. The van der Waals surface area contributed by atoms with Crippen molar-refractivity contribution >= 4 is 27.5 Å². The molecule has 5 heteroatoms. The van der Waals surface area contributed by atoms with Crippen molar-refractivity contribution in [3.05, 3.63) is 45.8 Å². The van der Waals surface area contributed by atoms with E-state index in [1.165, 1.54) is 12.5 Å². The molecule has 16 heavy (non-hydrogen) atoms. The molecule has 0 radical (unpaired) electrons. The van der Waals surface area contributed by atoms with Crippen molar-refractivity contribution in [2.75, 3.05) is 0 Å². The van der Waals surface area contributed by atoms with Gasteiger partial charge in [0, 0.05) is 4.47 Å². The number of rotatable bonds is 2. The van der Waals surface area contributed by atoms with E-state index in [1.54, 1.807) is 0 Å². The molecule has 0 aliphatic rings. The summed E-state index contributed by atoms with van der Waals surface area (Å²) in [5, 5.41) is 0.391. The first-order valence-corrected chi connectivity index (χ1v) is 5.73. The van der Waals surface area contributed by atoms with Gasteiger partial charge in [-0.3, -0.25) is 0 Å². The number of hydrogen-bond donors (Lipinski definition) is 0. The zero-order valence-corrected chi connectivity index (χ0v) is 10.8. The Hall–Kier alpha value is -1.13. The van der Waals surface area contributed by atoms with Crippen LogP contribution in [0.15, 0.2) is 35.2 Å². The Morgan fingerprint density at radius 1 is 1.38 bits per heavy atom. The van der Waals surface area contributed by atoms with Gasteiger partial charge in [0.2, 0.25) is 5.88 Å². The SMILES string of the molecule is Cc1ccc(Br)cc1Oc1ncncc1Cl. The van der Waals surface area contributed by atoms with Crippen molar-refractivity contribution < 1.29 is 4.74 Å². The fourth-order valence-electron chi connectivity index (χ4n) is 1.16. The van der Waals surface area contributed by atoms with Gasteiger partial charge in [-0.2, -0.15) is 0 Å². The molecule has 0 amide bonds. The first-order valence-electron chi connectivity index (χ1n) is 4.56. The molecule has 1 heterocycles. The zero-order valence-electron chi connectivity index (χ0n) is 8.45. The molecule has 82 valence electrons. The molecule has 0 aliphatic carbocycles. The molecule has 0 fully saturated rings. The lowest BCUT2D eigenvalue weighted by atomic mass is 10.2. The summed E-state index contributed by atoms with van der Waals surface area (Å²) in [6, 6.07) is 5.77. The molecule has 0 saturated heterocycles. The van der Waals surface area contributed by atoms with Crippen molar-refractivity contribution in [2.24, 2.45) is 0 Å². The summed E-state index contributed by atoms with van der Waals surface area (Å²) in [5.41, 5.74) is 1.01. The van der Waals surface area contributed by atoms with Crippen LogP contribution in [0.25, 0.3) is 0 Å². The van der Waals surface area contributed by atoms with E-state index in [1.807, 2.05) is 25.1 Å². The van der Waals surface area contributed by atoms with Crippen LogP contribution in [-0.2, 0) is 0 Å². The van der Waals surface area contributed by atoms with Crippen LogP contribution >= 0.6 is 27.5 Å². The molecule has 0 N–H and O–H groups in total. The average molecular weight is 300 g/mol. The average Bonchev–Trinajstić information content (AvgIpc) is 2.27. The van der Waals surface area contributed by atoms with Crippen molar-refractivity contribution in [3.8, 4) is 11.6 Å². The van der Waals surface area contributed by atoms with Crippen LogP contribution in [0, 0.1) is 6.92 Å². The van der Waals surface area contributed by atoms with Crippen molar-refractivity contribution in [1.29, 1.82) is 0 Å². The molecule has 0 bridgehead atoms. The summed E-state index contributed by atoms with van der Waals surface area (Å²) in [6.07, 6.45) is 2.89. The van der Waals surface area contributed by atoms with E-state index in [2.05, 4.69) is 25.9 Å². The summed E-state index contributed by atoms with van der Waals surface area (Å²) in [7, 11) is 0.